The Labute approximate surface area is 83.0 Å². The van der Waals surface area contributed by atoms with Crippen LogP contribution in [0.1, 0.15) is 19.8 Å². The van der Waals surface area contributed by atoms with E-state index in [9.17, 15) is 13.2 Å². The third-order valence-corrected chi connectivity index (χ3v) is 2.83. The van der Waals surface area contributed by atoms with Gasteiger partial charge < -0.3 is 10.2 Å². The van der Waals surface area contributed by atoms with E-state index in [1.165, 1.54) is 6.92 Å². The van der Waals surface area contributed by atoms with Crippen molar-refractivity contribution >= 4 is 16.0 Å². The van der Waals surface area contributed by atoms with Crippen LogP contribution in [0.2, 0.25) is 0 Å². The number of hydrogen-bond donors (Lipinski definition) is 3. The van der Waals surface area contributed by atoms with Gasteiger partial charge in [0.25, 0.3) is 0 Å². The van der Waals surface area contributed by atoms with E-state index in [1.54, 1.807) is 0 Å². The van der Waals surface area contributed by atoms with Crippen LogP contribution in [0.25, 0.3) is 0 Å². The van der Waals surface area contributed by atoms with Crippen molar-refractivity contribution in [3.05, 3.63) is 0 Å². The first-order valence-corrected chi connectivity index (χ1v) is 5.86. The van der Waals surface area contributed by atoms with Crippen molar-refractivity contribution in [2.45, 2.75) is 25.9 Å². The summed E-state index contributed by atoms with van der Waals surface area (Å²) in [5.74, 6) is -1.25. The first-order chi connectivity index (χ1) is 6.33. The van der Waals surface area contributed by atoms with Gasteiger partial charge in [-0.15, -0.1) is 0 Å². The van der Waals surface area contributed by atoms with Crippen LogP contribution in [0, 0.1) is 0 Å². The molecule has 0 aromatic carbocycles. The van der Waals surface area contributed by atoms with E-state index < -0.39 is 22.1 Å². The molecule has 0 aromatic rings. The van der Waals surface area contributed by atoms with Crippen LogP contribution >= 0.6 is 0 Å². The summed E-state index contributed by atoms with van der Waals surface area (Å²) in [6.07, 6.45) is -0.843. The monoisotopic (exact) mass is 225 g/mol. The van der Waals surface area contributed by atoms with E-state index in [2.05, 4.69) is 4.72 Å². The Hall–Kier alpha value is -0.660. The first-order valence-electron chi connectivity index (χ1n) is 4.20. The number of sulfonamides is 1. The molecule has 0 aliphatic rings. The van der Waals surface area contributed by atoms with E-state index in [-0.39, 0.29) is 25.1 Å². The Kier molecular flexibility index (Phi) is 5.66. The molecule has 1 atom stereocenters. The summed E-state index contributed by atoms with van der Waals surface area (Å²) >= 11 is 0. The molecule has 0 aromatic heterocycles. The molecule has 84 valence electrons. The number of rotatable bonds is 7. The Balaban J connectivity index is 3.79. The highest BCUT2D eigenvalue weighted by Gasteiger charge is 2.11. The van der Waals surface area contributed by atoms with Crippen LogP contribution in [0.5, 0.6) is 0 Å². The van der Waals surface area contributed by atoms with Crippen LogP contribution in [0.3, 0.4) is 0 Å². The molecule has 0 heterocycles. The van der Waals surface area contributed by atoms with Gasteiger partial charge in [0.05, 0.1) is 11.9 Å². The fraction of sp³-hybridized carbons (Fsp3) is 0.857. The van der Waals surface area contributed by atoms with Gasteiger partial charge in [-0.2, -0.15) is 0 Å². The Morgan fingerprint density at radius 2 is 2.07 bits per heavy atom. The quantitative estimate of drug-likeness (QED) is 0.523. The van der Waals surface area contributed by atoms with Crippen molar-refractivity contribution in [3.8, 4) is 0 Å². The topological polar surface area (TPSA) is 104 Å². The minimum atomic E-state index is -3.45. The van der Waals surface area contributed by atoms with Crippen LogP contribution < -0.4 is 4.72 Å². The van der Waals surface area contributed by atoms with Gasteiger partial charge in [-0.05, 0) is 13.3 Å². The number of carboxylic acids is 1. The predicted molar refractivity (Wildman–Crippen MR) is 50.3 cm³/mol. The summed E-state index contributed by atoms with van der Waals surface area (Å²) in [6.45, 7) is 1.41. The van der Waals surface area contributed by atoms with E-state index in [0.717, 1.165) is 0 Å². The lowest BCUT2D eigenvalue weighted by molar-refractivity contribution is -0.137. The molecular formula is C7H15NO5S. The van der Waals surface area contributed by atoms with Gasteiger partial charge in [0.15, 0.2) is 0 Å². The van der Waals surface area contributed by atoms with E-state index in [4.69, 9.17) is 10.2 Å². The first kappa shape index (κ1) is 13.3. The van der Waals surface area contributed by atoms with Crippen LogP contribution in [-0.4, -0.2) is 43.0 Å². The third kappa shape index (κ3) is 7.96. The van der Waals surface area contributed by atoms with E-state index >= 15 is 0 Å². The zero-order valence-electron chi connectivity index (χ0n) is 7.93. The van der Waals surface area contributed by atoms with Crippen molar-refractivity contribution in [2.24, 2.45) is 0 Å². The number of aliphatic hydroxyl groups excluding tert-OH is 1. The smallest absolute Gasteiger partial charge is 0.303 e. The minimum Gasteiger partial charge on any atom is -0.481 e. The Morgan fingerprint density at radius 1 is 1.50 bits per heavy atom. The van der Waals surface area contributed by atoms with E-state index in [1.807, 2.05) is 0 Å². The molecule has 0 amide bonds. The van der Waals surface area contributed by atoms with Crippen LogP contribution in [0.15, 0.2) is 0 Å². The summed E-state index contributed by atoms with van der Waals surface area (Å²) in [5.41, 5.74) is 0. The number of nitrogens with one attached hydrogen (secondary N) is 1. The zero-order valence-corrected chi connectivity index (χ0v) is 8.75. The van der Waals surface area contributed by atoms with Gasteiger partial charge in [0, 0.05) is 13.0 Å². The van der Waals surface area contributed by atoms with Gasteiger partial charge >= 0.3 is 5.97 Å². The number of carboxylic acid groups (broad SMARTS) is 1. The molecule has 6 nitrogen and oxygen atoms in total. The average Bonchev–Trinajstić information content (AvgIpc) is 2.00. The number of hydrogen-bond acceptors (Lipinski definition) is 4. The highest BCUT2D eigenvalue weighted by atomic mass is 32.2. The molecular weight excluding hydrogens is 210 g/mol. The molecule has 7 heteroatoms. The molecule has 0 bridgehead atoms. The number of aliphatic hydroxyl groups is 1. The molecule has 0 rings (SSSR count). The lowest BCUT2D eigenvalue weighted by Crippen LogP contribution is -2.32. The maximum atomic E-state index is 11.1. The Bertz CT molecular complexity index is 272. The molecule has 3 N–H and O–H groups in total. The predicted octanol–water partition coefficient (Wildman–Crippen LogP) is -0.849. The van der Waals surface area contributed by atoms with Crippen molar-refractivity contribution in [3.63, 3.8) is 0 Å². The van der Waals surface area contributed by atoms with Crippen molar-refractivity contribution in [1.29, 1.82) is 0 Å². The summed E-state index contributed by atoms with van der Waals surface area (Å²) < 4.78 is 24.4. The SMILES string of the molecule is C[C@H](O)CNS(=O)(=O)CCCC(=O)O. The molecule has 0 aliphatic heterocycles. The lowest BCUT2D eigenvalue weighted by Gasteiger charge is -2.07. The van der Waals surface area contributed by atoms with Gasteiger partial charge in [-0.3, -0.25) is 4.79 Å². The summed E-state index contributed by atoms with van der Waals surface area (Å²) in [4.78, 5) is 10.1. The minimum absolute atomic E-state index is 0.0462. The molecule has 0 saturated carbocycles. The highest BCUT2D eigenvalue weighted by molar-refractivity contribution is 7.89. The molecule has 0 fully saturated rings. The van der Waals surface area contributed by atoms with Crippen LogP contribution in [0.4, 0.5) is 0 Å². The maximum Gasteiger partial charge on any atom is 0.303 e. The van der Waals surface area contributed by atoms with E-state index in [0.29, 0.717) is 0 Å². The molecule has 14 heavy (non-hydrogen) atoms. The number of carbonyl (C=O) groups is 1. The second-order valence-electron chi connectivity index (χ2n) is 3.01. The van der Waals surface area contributed by atoms with Crippen molar-refractivity contribution in [1.82, 2.24) is 4.72 Å². The number of aliphatic carboxylic acids is 1. The van der Waals surface area contributed by atoms with Gasteiger partial charge in [0.2, 0.25) is 10.0 Å². The van der Waals surface area contributed by atoms with Crippen molar-refractivity contribution in [2.75, 3.05) is 12.3 Å². The second-order valence-corrected chi connectivity index (χ2v) is 4.94. The third-order valence-electron chi connectivity index (χ3n) is 1.40. The fourth-order valence-corrected chi connectivity index (χ4v) is 1.90. The largest absolute Gasteiger partial charge is 0.481 e. The normalized spacial score (nSPS) is 13.9. The zero-order chi connectivity index (χ0) is 11.2. The highest BCUT2D eigenvalue weighted by Crippen LogP contribution is 1.94. The molecule has 0 radical (unpaired) electrons. The summed E-state index contributed by atoms with van der Waals surface area (Å²) in [5, 5.41) is 17.1. The molecule has 0 saturated heterocycles. The standard InChI is InChI=1S/C7H15NO5S/c1-6(9)5-8-14(12,13)4-2-3-7(10)11/h6,8-9H,2-5H2,1H3,(H,10,11)/t6-/m0/s1. The maximum absolute atomic E-state index is 11.1. The van der Waals surface area contributed by atoms with Gasteiger partial charge in [0.1, 0.15) is 0 Å². The molecule has 0 unspecified atom stereocenters. The lowest BCUT2D eigenvalue weighted by atomic mass is 10.3. The molecule has 0 spiro atoms. The van der Waals surface area contributed by atoms with Crippen molar-refractivity contribution < 1.29 is 23.4 Å². The van der Waals surface area contributed by atoms with Crippen LogP contribution in [-0.2, 0) is 14.8 Å². The molecule has 0 aliphatic carbocycles. The van der Waals surface area contributed by atoms with Gasteiger partial charge in [-0.1, -0.05) is 0 Å². The summed E-state index contributed by atoms with van der Waals surface area (Å²) in [6, 6.07) is 0. The average molecular weight is 225 g/mol. The Morgan fingerprint density at radius 3 is 2.50 bits per heavy atom. The van der Waals surface area contributed by atoms with Gasteiger partial charge in [-0.25, -0.2) is 13.1 Å². The second kappa shape index (κ2) is 5.94. The summed E-state index contributed by atoms with van der Waals surface area (Å²) in [7, 11) is -3.45. The fourth-order valence-electron chi connectivity index (χ4n) is 0.733.